The lowest BCUT2D eigenvalue weighted by atomic mass is 9.79. The highest BCUT2D eigenvalue weighted by Crippen LogP contribution is 1.97. The first-order valence-corrected chi connectivity index (χ1v) is 3.39. The summed E-state index contributed by atoms with van der Waals surface area (Å²) < 4.78 is 10.1. The molecule has 2 N–H and O–H groups in total. The van der Waals surface area contributed by atoms with Crippen molar-refractivity contribution in [1.82, 2.24) is 5.32 Å². The van der Waals surface area contributed by atoms with Gasteiger partial charge in [0.2, 0.25) is 0 Å². The maximum absolute atomic E-state index is 9.18. The predicted molar refractivity (Wildman–Crippen MR) is 37.6 cm³/mol. The lowest BCUT2D eigenvalue weighted by Gasteiger charge is -2.13. The van der Waals surface area contributed by atoms with Crippen LogP contribution in [-0.4, -0.2) is 45.0 Å². The first kappa shape index (κ1) is 8.01. The lowest BCUT2D eigenvalue weighted by molar-refractivity contribution is 0.117. The molecule has 1 saturated heterocycles. The number of ether oxygens (including phenoxy) is 1. The molecular formula is C5H12BNO3. The van der Waals surface area contributed by atoms with Gasteiger partial charge in [-0.25, -0.2) is 0 Å². The lowest BCUT2D eigenvalue weighted by Crippen LogP contribution is -2.45. The van der Waals surface area contributed by atoms with E-state index in [1.54, 1.807) is 7.05 Å². The second-order valence-electron chi connectivity index (χ2n) is 2.23. The summed E-state index contributed by atoms with van der Waals surface area (Å²) in [4.78, 5) is 0. The largest absolute Gasteiger partial charge is 0.474 e. The fraction of sp³-hybridized carbons (Fsp3) is 1.00. The third-order valence-electron chi connectivity index (χ3n) is 1.53. The molecule has 0 bridgehead atoms. The van der Waals surface area contributed by atoms with Crippen LogP contribution in [0.1, 0.15) is 0 Å². The van der Waals surface area contributed by atoms with Gasteiger partial charge >= 0.3 is 7.12 Å². The van der Waals surface area contributed by atoms with E-state index in [1.165, 1.54) is 0 Å². The molecule has 0 aliphatic carbocycles. The molecule has 0 radical (unpaired) electrons. The second-order valence-corrected chi connectivity index (χ2v) is 2.23. The number of hydrogen-bond acceptors (Lipinski definition) is 4. The minimum atomic E-state index is -0.729. The Bertz CT molecular complexity index is 103. The molecule has 0 spiro atoms. The molecule has 10 heavy (non-hydrogen) atoms. The van der Waals surface area contributed by atoms with Gasteiger partial charge in [-0.3, -0.25) is 0 Å². The zero-order chi connectivity index (χ0) is 7.40. The Balaban J connectivity index is 2.35. The molecule has 4 nitrogen and oxygen atoms in total. The molecule has 1 rings (SSSR count). The fourth-order valence-corrected chi connectivity index (χ4v) is 0.862. The van der Waals surface area contributed by atoms with Crippen LogP contribution in [-0.2, 0) is 9.39 Å². The first-order valence-electron chi connectivity index (χ1n) is 3.39. The topological polar surface area (TPSA) is 50.7 Å². The van der Waals surface area contributed by atoms with Crippen molar-refractivity contribution in [3.05, 3.63) is 0 Å². The van der Waals surface area contributed by atoms with Gasteiger partial charge in [0.05, 0.1) is 25.8 Å². The summed E-state index contributed by atoms with van der Waals surface area (Å²) in [6.45, 7) is 1.55. The standard InChI is InChI=1S/C5H12BNO3/c1-7-5-4-9-2-3-10-6(5)8/h5,7-8H,2-4H2,1H3. The van der Waals surface area contributed by atoms with Gasteiger partial charge < -0.3 is 19.7 Å². The Morgan fingerprint density at radius 3 is 3.10 bits per heavy atom. The summed E-state index contributed by atoms with van der Waals surface area (Å²) in [5.41, 5.74) is 0. The zero-order valence-corrected chi connectivity index (χ0v) is 6.04. The molecule has 0 aromatic carbocycles. The van der Waals surface area contributed by atoms with Crippen LogP contribution in [0.2, 0.25) is 0 Å². The predicted octanol–water partition coefficient (Wildman–Crippen LogP) is -1.36. The molecule has 1 atom stereocenters. The Labute approximate surface area is 60.7 Å². The van der Waals surface area contributed by atoms with Crippen molar-refractivity contribution in [3.8, 4) is 0 Å². The maximum Gasteiger partial charge on any atom is 0.474 e. The third-order valence-corrected chi connectivity index (χ3v) is 1.53. The Morgan fingerprint density at radius 2 is 2.40 bits per heavy atom. The molecule has 5 heteroatoms. The van der Waals surface area contributed by atoms with Gasteiger partial charge in [-0.2, -0.15) is 0 Å². The normalized spacial score (nSPS) is 28.2. The summed E-state index contributed by atoms with van der Waals surface area (Å²) in [6, 6.07) is 0. The van der Waals surface area contributed by atoms with Gasteiger partial charge in [0.1, 0.15) is 0 Å². The van der Waals surface area contributed by atoms with Crippen molar-refractivity contribution >= 4 is 7.12 Å². The van der Waals surface area contributed by atoms with E-state index in [1.807, 2.05) is 0 Å². The van der Waals surface area contributed by atoms with E-state index in [0.717, 1.165) is 0 Å². The molecule has 0 saturated carbocycles. The second kappa shape index (κ2) is 3.93. The molecular weight excluding hydrogens is 133 g/mol. The number of rotatable bonds is 1. The Hall–Kier alpha value is -0.0951. The van der Waals surface area contributed by atoms with Crippen molar-refractivity contribution in [3.63, 3.8) is 0 Å². The number of hydrogen-bond donors (Lipinski definition) is 2. The van der Waals surface area contributed by atoms with E-state index in [2.05, 4.69) is 5.32 Å². The van der Waals surface area contributed by atoms with Gasteiger partial charge in [0, 0.05) is 0 Å². The van der Waals surface area contributed by atoms with E-state index < -0.39 is 7.12 Å². The molecule has 1 aliphatic heterocycles. The molecule has 0 aromatic rings. The quantitative estimate of drug-likeness (QED) is 0.447. The van der Waals surface area contributed by atoms with Crippen molar-refractivity contribution in [1.29, 1.82) is 0 Å². The van der Waals surface area contributed by atoms with E-state index in [0.29, 0.717) is 19.8 Å². The molecule has 1 unspecified atom stereocenters. The van der Waals surface area contributed by atoms with Crippen molar-refractivity contribution in [2.75, 3.05) is 26.9 Å². The van der Waals surface area contributed by atoms with Crippen molar-refractivity contribution in [2.45, 2.75) is 5.94 Å². The van der Waals surface area contributed by atoms with Crippen molar-refractivity contribution < 1.29 is 14.4 Å². The van der Waals surface area contributed by atoms with Gasteiger partial charge in [-0.15, -0.1) is 0 Å². The monoisotopic (exact) mass is 145 g/mol. The van der Waals surface area contributed by atoms with Crippen LogP contribution in [0.4, 0.5) is 0 Å². The average molecular weight is 145 g/mol. The zero-order valence-electron chi connectivity index (χ0n) is 6.04. The highest BCUT2D eigenvalue weighted by Gasteiger charge is 2.27. The summed E-state index contributed by atoms with van der Waals surface area (Å²) in [7, 11) is 1.04. The first-order chi connectivity index (χ1) is 4.84. The summed E-state index contributed by atoms with van der Waals surface area (Å²) in [5.74, 6) is -0.0949. The average Bonchev–Trinajstić information content (AvgIpc) is 2.13. The van der Waals surface area contributed by atoms with Gasteiger partial charge in [0.25, 0.3) is 0 Å². The number of likely N-dealkylation sites (N-methyl/N-ethyl adjacent to an activating group) is 1. The van der Waals surface area contributed by atoms with E-state index >= 15 is 0 Å². The summed E-state index contributed by atoms with van der Waals surface area (Å²) in [6.07, 6.45) is 0. The molecule has 1 fully saturated rings. The van der Waals surface area contributed by atoms with Crippen LogP contribution in [0.5, 0.6) is 0 Å². The minimum Gasteiger partial charge on any atom is -0.426 e. The molecule has 1 aliphatic rings. The van der Waals surface area contributed by atoms with Crippen LogP contribution >= 0.6 is 0 Å². The van der Waals surface area contributed by atoms with Crippen molar-refractivity contribution in [2.24, 2.45) is 0 Å². The summed E-state index contributed by atoms with van der Waals surface area (Å²) >= 11 is 0. The SMILES string of the molecule is CNC1COCCOB1O. The fourth-order valence-electron chi connectivity index (χ4n) is 0.862. The van der Waals surface area contributed by atoms with Crippen LogP contribution in [0, 0.1) is 0 Å². The van der Waals surface area contributed by atoms with Gasteiger partial charge in [-0.1, -0.05) is 0 Å². The van der Waals surface area contributed by atoms with E-state index in [4.69, 9.17) is 9.39 Å². The van der Waals surface area contributed by atoms with Crippen LogP contribution in [0.15, 0.2) is 0 Å². The third kappa shape index (κ3) is 1.95. The van der Waals surface area contributed by atoms with Crippen LogP contribution < -0.4 is 5.32 Å². The van der Waals surface area contributed by atoms with Gasteiger partial charge in [0.15, 0.2) is 0 Å². The van der Waals surface area contributed by atoms with Crippen LogP contribution in [0.3, 0.4) is 0 Å². The molecule has 58 valence electrons. The van der Waals surface area contributed by atoms with E-state index in [-0.39, 0.29) is 5.94 Å². The maximum atomic E-state index is 9.18. The number of nitrogens with one attached hydrogen (secondary N) is 1. The van der Waals surface area contributed by atoms with Crippen LogP contribution in [0.25, 0.3) is 0 Å². The molecule has 0 aromatic heterocycles. The highest BCUT2D eigenvalue weighted by molar-refractivity contribution is 6.45. The summed E-state index contributed by atoms with van der Waals surface area (Å²) in [5, 5.41) is 12.1. The van der Waals surface area contributed by atoms with Gasteiger partial charge in [-0.05, 0) is 7.05 Å². The van der Waals surface area contributed by atoms with E-state index in [9.17, 15) is 5.02 Å². The Kier molecular flexibility index (Phi) is 3.14. The smallest absolute Gasteiger partial charge is 0.426 e. The molecule has 0 amide bonds. The Morgan fingerprint density at radius 1 is 1.60 bits per heavy atom. The molecule has 1 heterocycles. The minimum absolute atomic E-state index is 0.0949. The highest BCUT2D eigenvalue weighted by atomic mass is 16.6.